The minimum Gasteiger partial charge on any atom is -0.289 e. The summed E-state index contributed by atoms with van der Waals surface area (Å²) >= 11 is 3.67. The number of ketones is 1. The van der Waals surface area contributed by atoms with E-state index in [9.17, 15) is 14.4 Å². The molecule has 2 aromatic rings. The second kappa shape index (κ2) is 5.34. The third-order valence-corrected chi connectivity index (χ3v) is 5.24. The molecule has 1 aromatic heterocycles. The van der Waals surface area contributed by atoms with Crippen LogP contribution in [0.25, 0.3) is 0 Å². The van der Waals surface area contributed by atoms with E-state index in [0.29, 0.717) is 22.3 Å². The number of hydrogen-bond donors (Lipinski definition) is 0. The minimum atomic E-state index is -0.351. The summed E-state index contributed by atoms with van der Waals surface area (Å²) in [5, 5.41) is 1.81. The highest BCUT2D eigenvalue weighted by Gasteiger charge is 2.28. The van der Waals surface area contributed by atoms with Crippen molar-refractivity contribution in [3.8, 4) is 0 Å². The summed E-state index contributed by atoms with van der Waals surface area (Å²) in [4.78, 5) is 37.3. The Morgan fingerprint density at radius 3 is 2.67 bits per heavy atom. The van der Waals surface area contributed by atoms with Gasteiger partial charge in [0.1, 0.15) is 0 Å². The van der Waals surface area contributed by atoms with E-state index in [2.05, 4.69) is 22.6 Å². The molecule has 2 amide bonds. The maximum atomic E-state index is 12.4. The van der Waals surface area contributed by atoms with E-state index < -0.39 is 0 Å². The molecule has 106 valence electrons. The Balaban J connectivity index is 2.02. The van der Waals surface area contributed by atoms with Crippen LogP contribution in [-0.4, -0.2) is 29.5 Å². The van der Waals surface area contributed by atoms with E-state index >= 15 is 0 Å². The average molecular weight is 411 g/mol. The topological polar surface area (TPSA) is 54.5 Å². The highest BCUT2D eigenvalue weighted by atomic mass is 127. The summed E-state index contributed by atoms with van der Waals surface area (Å²) < 4.78 is 1.04. The molecule has 1 aliphatic rings. The number of fused-ring (bicyclic) bond motifs is 1. The summed E-state index contributed by atoms with van der Waals surface area (Å²) in [6.07, 6.45) is 0.197. The fourth-order valence-corrected chi connectivity index (χ4v) is 3.57. The van der Waals surface area contributed by atoms with Crippen LogP contribution in [0.5, 0.6) is 0 Å². The predicted octanol–water partition coefficient (Wildman–Crippen LogP) is 2.74. The normalized spacial score (nSPS) is 14.3. The molecular weight excluding hydrogens is 401 g/mol. The SMILES string of the molecule is CN1C(=O)Cc2ccc(C(=O)c3csc(I)c3)cc2C1=O. The van der Waals surface area contributed by atoms with Gasteiger partial charge >= 0.3 is 0 Å². The zero-order valence-corrected chi connectivity index (χ0v) is 14.0. The first-order valence-electron chi connectivity index (χ1n) is 6.20. The number of likely N-dealkylation sites (N-methyl/N-ethyl adjacent to an activating group) is 1. The van der Waals surface area contributed by atoms with Gasteiger partial charge in [-0.05, 0) is 40.3 Å². The van der Waals surface area contributed by atoms with Gasteiger partial charge in [0.25, 0.3) is 5.91 Å². The standard InChI is InChI=1S/C15H10INO3S/c1-17-13(18)6-8-2-3-9(4-11(8)15(17)20)14(19)10-5-12(16)21-7-10/h2-5,7H,6H2,1H3. The number of imide groups is 1. The maximum Gasteiger partial charge on any atom is 0.260 e. The molecule has 0 unspecified atom stereocenters. The van der Waals surface area contributed by atoms with Gasteiger partial charge in [0.05, 0.1) is 9.30 Å². The molecule has 0 aliphatic carbocycles. The summed E-state index contributed by atoms with van der Waals surface area (Å²) in [5.74, 6) is -0.681. The van der Waals surface area contributed by atoms with Gasteiger partial charge in [0.15, 0.2) is 5.78 Å². The average Bonchev–Trinajstić information content (AvgIpc) is 2.90. The van der Waals surface area contributed by atoms with E-state index in [4.69, 9.17) is 0 Å². The molecule has 0 atom stereocenters. The second-order valence-electron chi connectivity index (χ2n) is 4.78. The van der Waals surface area contributed by atoms with Crippen molar-refractivity contribution in [1.82, 2.24) is 4.90 Å². The molecule has 4 nitrogen and oxygen atoms in total. The van der Waals surface area contributed by atoms with Crippen molar-refractivity contribution in [2.75, 3.05) is 7.05 Å². The molecule has 6 heteroatoms. The second-order valence-corrected chi connectivity index (χ2v) is 7.58. The van der Waals surface area contributed by atoms with Gasteiger partial charge in [0.2, 0.25) is 5.91 Å². The van der Waals surface area contributed by atoms with Crippen LogP contribution in [-0.2, 0) is 11.2 Å². The maximum absolute atomic E-state index is 12.4. The lowest BCUT2D eigenvalue weighted by atomic mass is 9.94. The quantitative estimate of drug-likeness (QED) is 0.434. The van der Waals surface area contributed by atoms with Crippen LogP contribution in [0.2, 0.25) is 0 Å². The fourth-order valence-electron chi connectivity index (χ4n) is 2.24. The number of hydrogen-bond acceptors (Lipinski definition) is 4. The first kappa shape index (κ1) is 14.4. The van der Waals surface area contributed by atoms with Crippen LogP contribution >= 0.6 is 33.9 Å². The Hall–Kier alpha value is -1.54. The van der Waals surface area contributed by atoms with Gasteiger partial charge in [-0.1, -0.05) is 12.1 Å². The Labute approximate surface area is 138 Å². The summed E-state index contributed by atoms with van der Waals surface area (Å²) in [6, 6.07) is 6.79. The van der Waals surface area contributed by atoms with Crippen molar-refractivity contribution in [3.63, 3.8) is 0 Å². The van der Waals surface area contributed by atoms with Crippen molar-refractivity contribution in [3.05, 3.63) is 54.8 Å². The zero-order valence-electron chi connectivity index (χ0n) is 11.1. The Kier molecular flexibility index (Phi) is 3.66. The van der Waals surface area contributed by atoms with Crippen molar-refractivity contribution < 1.29 is 14.4 Å². The molecule has 0 saturated heterocycles. The number of rotatable bonds is 2. The first-order chi connectivity index (χ1) is 9.97. The molecule has 0 radical (unpaired) electrons. The van der Waals surface area contributed by atoms with Gasteiger partial charge in [-0.2, -0.15) is 0 Å². The van der Waals surface area contributed by atoms with Crippen molar-refractivity contribution >= 4 is 51.5 Å². The van der Waals surface area contributed by atoms with Gasteiger partial charge < -0.3 is 0 Å². The molecule has 0 spiro atoms. The Morgan fingerprint density at radius 2 is 2.00 bits per heavy atom. The molecule has 2 heterocycles. The molecular formula is C15H10INO3S. The molecule has 0 fully saturated rings. The van der Waals surface area contributed by atoms with E-state index in [1.807, 2.05) is 6.07 Å². The summed E-state index contributed by atoms with van der Waals surface area (Å²) in [7, 11) is 1.46. The Morgan fingerprint density at radius 1 is 1.24 bits per heavy atom. The predicted molar refractivity (Wildman–Crippen MR) is 87.7 cm³/mol. The third kappa shape index (κ3) is 2.53. The van der Waals surface area contributed by atoms with Crippen LogP contribution in [0.15, 0.2) is 29.6 Å². The van der Waals surface area contributed by atoms with Crippen molar-refractivity contribution in [2.24, 2.45) is 0 Å². The lowest BCUT2D eigenvalue weighted by Gasteiger charge is -2.23. The van der Waals surface area contributed by atoms with Crippen LogP contribution in [0.3, 0.4) is 0 Å². The molecule has 0 N–H and O–H groups in total. The number of nitrogens with zero attached hydrogens (tertiary/aromatic N) is 1. The van der Waals surface area contributed by atoms with Gasteiger partial charge in [0, 0.05) is 29.1 Å². The highest BCUT2D eigenvalue weighted by molar-refractivity contribution is 14.1. The third-order valence-electron chi connectivity index (χ3n) is 3.45. The number of thiophene rings is 1. The van der Waals surface area contributed by atoms with Crippen LogP contribution in [0.4, 0.5) is 0 Å². The summed E-state index contributed by atoms with van der Waals surface area (Å²) in [6.45, 7) is 0. The number of carbonyl (C=O) groups excluding carboxylic acids is 3. The number of benzene rings is 1. The van der Waals surface area contributed by atoms with Crippen LogP contribution in [0.1, 0.15) is 31.8 Å². The smallest absolute Gasteiger partial charge is 0.260 e. The van der Waals surface area contributed by atoms with Crippen LogP contribution < -0.4 is 0 Å². The van der Waals surface area contributed by atoms with E-state index in [-0.39, 0.29) is 24.0 Å². The monoisotopic (exact) mass is 411 g/mol. The lowest BCUT2D eigenvalue weighted by molar-refractivity contribution is -0.127. The zero-order chi connectivity index (χ0) is 15.1. The number of halogens is 1. The first-order valence-corrected chi connectivity index (χ1v) is 8.16. The Bertz CT molecular complexity index is 781. The van der Waals surface area contributed by atoms with Crippen LogP contribution in [0, 0.1) is 2.88 Å². The summed E-state index contributed by atoms with van der Waals surface area (Å²) in [5.41, 5.74) is 2.21. The molecule has 21 heavy (non-hydrogen) atoms. The lowest BCUT2D eigenvalue weighted by Crippen LogP contribution is -2.39. The van der Waals surface area contributed by atoms with Crippen molar-refractivity contribution in [1.29, 1.82) is 0 Å². The molecule has 1 aliphatic heterocycles. The van der Waals surface area contributed by atoms with E-state index in [0.717, 1.165) is 7.78 Å². The van der Waals surface area contributed by atoms with Crippen molar-refractivity contribution in [2.45, 2.75) is 6.42 Å². The number of carbonyl (C=O) groups is 3. The molecule has 0 saturated carbocycles. The van der Waals surface area contributed by atoms with Gasteiger partial charge in [-0.3, -0.25) is 19.3 Å². The highest BCUT2D eigenvalue weighted by Crippen LogP contribution is 2.24. The van der Waals surface area contributed by atoms with E-state index in [1.165, 1.54) is 18.4 Å². The van der Waals surface area contributed by atoms with Gasteiger partial charge in [-0.15, -0.1) is 11.3 Å². The number of amides is 2. The van der Waals surface area contributed by atoms with Gasteiger partial charge in [-0.25, -0.2) is 0 Å². The fraction of sp³-hybridized carbons (Fsp3) is 0.133. The molecule has 3 rings (SSSR count). The van der Waals surface area contributed by atoms with E-state index in [1.54, 1.807) is 23.6 Å². The minimum absolute atomic E-state index is 0.107. The largest absolute Gasteiger partial charge is 0.289 e. The molecule has 0 bridgehead atoms. The molecule has 1 aromatic carbocycles.